The summed E-state index contributed by atoms with van der Waals surface area (Å²) in [6.45, 7) is 5.26. The molecule has 1 aliphatic heterocycles. The van der Waals surface area contributed by atoms with Crippen LogP contribution in [0.5, 0.6) is 0 Å². The van der Waals surface area contributed by atoms with Crippen molar-refractivity contribution < 1.29 is 4.74 Å². The van der Waals surface area contributed by atoms with E-state index in [2.05, 4.69) is 32.0 Å². The van der Waals surface area contributed by atoms with Gasteiger partial charge in [0, 0.05) is 17.9 Å². The fraction of sp³-hybridized carbons (Fsp3) is 0.647. The second-order valence-electron chi connectivity index (χ2n) is 6.48. The van der Waals surface area contributed by atoms with Crippen LogP contribution >= 0.6 is 11.6 Å². The molecule has 1 saturated carbocycles. The summed E-state index contributed by atoms with van der Waals surface area (Å²) in [5.74, 6) is 1.49. The molecule has 104 valence electrons. The summed E-state index contributed by atoms with van der Waals surface area (Å²) in [6.07, 6.45) is 5.24. The molecule has 0 bridgehead atoms. The van der Waals surface area contributed by atoms with Gasteiger partial charge in [0.25, 0.3) is 0 Å². The van der Waals surface area contributed by atoms with Crippen LogP contribution in [0.15, 0.2) is 18.2 Å². The highest BCUT2D eigenvalue weighted by atomic mass is 35.5. The second kappa shape index (κ2) is 5.10. The first-order valence-corrected chi connectivity index (χ1v) is 7.92. The second-order valence-corrected chi connectivity index (χ2v) is 6.75. The minimum atomic E-state index is 0.168. The summed E-state index contributed by atoms with van der Waals surface area (Å²) in [4.78, 5) is 0. The van der Waals surface area contributed by atoms with Gasteiger partial charge in [0.1, 0.15) is 0 Å². The fourth-order valence-corrected chi connectivity index (χ4v) is 3.87. The van der Waals surface area contributed by atoms with Gasteiger partial charge in [0.15, 0.2) is 0 Å². The minimum Gasteiger partial charge on any atom is -0.377 e. The molecule has 0 N–H and O–H groups in total. The zero-order valence-corrected chi connectivity index (χ0v) is 12.7. The molecule has 19 heavy (non-hydrogen) atoms. The van der Waals surface area contributed by atoms with E-state index in [1.807, 2.05) is 0 Å². The van der Waals surface area contributed by atoms with Gasteiger partial charge in [-0.1, -0.05) is 23.8 Å². The number of aryl methyl sites for hydroxylation is 2. The summed E-state index contributed by atoms with van der Waals surface area (Å²) >= 11 is 6.39. The molecule has 0 amide bonds. The van der Waals surface area contributed by atoms with E-state index < -0.39 is 0 Å². The Hall–Kier alpha value is -0.530. The van der Waals surface area contributed by atoms with Gasteiger partial charge in [-0.05, 0) is 56.6 Å². The third-order valence-electron chi connectivity index (χ3n) is 4.86. The van der Waals surface area contributed by atoms with Crippen molar-refractivity contribution in [2.45, 2.75) is 45.6 Å². The van der Waals surface area contributed by atoms with E-state index in [-0.39, 0.29) is 5.41 Å². The zero-order chi connectivity index (χ0) is 13.5. The Morgan fingerprint density at radius 2 is 2.11 bits per heavy atom. The molecule has 3 rings (SSSR count). The Balaban J connectivity index is 1.87. The van der Waals surface area contributed by atoms with Crippen molar-refractivity contribution in [2.24, 2.45) is 11.3 Å². The molecular formula is C17H23ClO. The lowest BCUT2D eigenvalue weighted by Crippen LogP contribution is -2.37. The highest BCUT2D eigenvalue weighted by Crippen LogP contribution is 2.50. The lowest BCUT2D eigenvalue weighted by Gasteiger charge is -2.33. The average Bonchev–Trinajstić information content (AvgIpc) is 3.16. The number of halogens is 1. The van der Waals surface area contributed by atoms with Crippen LogP contribution in [0, 0.1) is 25.2 Å². The zero-order valence-electron chi connectivity index (χ0n) is 11.9. The third kappa shape index (κ3) is 2.55. The molecule has 1 nitrogen and oxygen atoms in total. The number of hydrogen-bond acceptors (Lipinski definition) is 1. The molecular weight excluding hydrogens is 256 g/mol. The van der Waals surface area contributed by atoms with E-state index in [1.165, 1.54) is 29.5 Å². The van der Waals surface area contributed by atoms with Crippen LogP contribution in [0.1, 0.15) is 36.0 Å². The van der Waals surface area contributed by atoms with Gasteiger partial charge in [0.2, 0.25) is 0 Å². The van der Waals surface area contributed by atoms with E-state index in [0.717, 1.165) is 31.2 Å². The summed E-state index contributed by atoms with van der Waals surface area (Å²) in [6, 6.07) is 6.75. The highest BCUT2D eigenvalue weighted by molar-refractivity contribution is 6.18. The molecule has 2 atom stereocenters. The summed E-state index contributed by atoms with van der Waals surface area (Å²) in [5.41, 5.74) is 4.35. The number of alkyl halides is 1. The Bertz CT molecular complexity index is 466. The van der Waals surface area contributed by atoms with Crippen LogP contribution in [0.25, 0.3) is 0 Å². The van der Waals surface area contributed by atoms with Crippen molar-refractivity contribution in [3.63, 3.8) is 0 Å². The van der Waals surface area contributed by atoms with Gasteiger partial charge in [-0.15, -0.1) is 11.6 Å². The standard InChI is InChI=1S/C17H23ClO/c1-12-3-4-13(2)15(9-12)10-17(11-18)7-8-19-16(17)14-5-6-14/h3-4,9,14,16H,5-8,10-11H2,1-2H3. The minimum absolute atomic E-state index is 0.168. The van der Waals surface area contributed by atoms with Crippen molar-refractivity contribution in [3.8, 4) is 0 Å². The maximum atomic E-state index is 6.39. The van der Waals surface area contributed by atoms with Crippen LogP contribution in [-0.2, 0) is 11.2 Å². The van der Waals surface area contributed by atoms with Crippen LogP contribution in [0.3, 0.4) is 0 Å². The first-order chi connectivity index (χ1) is 9.14. The average molecular weight is 279 g/mol. The quantitative estimate of drug-likeness (QED) is 0.748. The number of hydrogen-bond donors (Lipinski definition) is 0. The van der Waals surface area contributed by atoms with Crippen LogP contribution in [0.4, 0.5) is 0 Å². The first kappa shape index (κ1) is 13.5. The van der Waals surface area contributed by atoms with Crippen LogP contribution in [0.2, 0.25) is 0 Å². The largest absolute Gasteiger partial charge is 0.377 e. The Morgan fingerprint density at radius 3 is 2.79 bits per heavy atom. The Morgan fingerprint density at radius 1 is 1.32 bits per heavy atom. The molecule has 0 spiro atoms. The third-order valence-corrected chi connectivity index (χ3v) is 5.40. The molecule has 0 radical (unpaired) electrons. The fourth-order valence-electron chi connectivity index (χ4n) is 3.49. The molecule has 2 aliphatic rings. The van der Waals surface area contributed by atoms with Crippen molar-refractivity contribution in [1.82, 2.24) is 0 Å². The highest BCUT2D eigenvalue weighted by Gasteiger charge is 2.50. The van der Waals surface area contributed by atoms with Gasteiger partial charge >= 0.3 is 0 Å². The first-order valence-electron chi connectivity index (χ1n) is 7.38. The van der Waals surface area contributed by atoms with Crippen LogP contribution < -0.4 is 0 Å². The van der Waals surface area contributed by atoms with Crippen molar-refractivity contribution >= 4 is 11.6 Å². The number of benzene rings is 1. The van der Waals surface area contributed by atoms with Crippen LogP contribution in [-0.4, -0.2) is 18.6 Å². The van der Waals surface area contributed by atoms with Crippen molar-refractivity contribution in [2.75, 3.05) is 12.5 Å². The summed E-state index contributed by atoms with van der Waals surface area (Å²) in [7, 11) is 0. The molecule has 2 heteroatoms. The molecule has 1 saturated heterocycles. The predicted molar refractivity (Wildman–Crippen MR) is 79.9 cm³/mol. The molecule has 2 fully saturated rings. The van der Waals surface area contributed by atoms with E-state index in [9.17, 15) is 0 Å². The van der Waals surface area contributed by atoms with E-state index in [4.69, 9.17) is 16.3 Å². The Kier molecular flexibility index (Phi) is 3.61. The van der Waals surface area contributed by atoms with E-state index in [0.29, 0.717) is 6.10 Å². The summed E-state index contributed by atoms with van der Waals surface area (Å²) < 4.78 is 6.04. The van der Waals surface area contributed by atoms with Gasteiger partial charge < -0.3 is 4.74 Å². The molecule has 2 unspecified atom stereocenters. The molecule has 1 aromatic carbocycles. The SMILES string of the molecule is Cc1ccc(C)c(CC2(CCl)CCOC2C2CC2)c1. The van der Waals surface area contributed by atoms with Gasteiger partial charge in [-0.2, -0.15) is 0 Å². The monoisotopic (exact) mass is 278 g/mol. The molecule has 0 aromatic heterocycles. The lowest BCUT2D eigenvalue weighted by atomic mass is 9.75. The van der Waals surface area contributed by atoms with Crippen molar-refractivity contribution in [3.05, 3.63) is 34.9 Å². The van der Waals surface area contributed by atoms with E-state index >= 15 is 0 Å². The number of rotatable bonds is 4. The molecule has 1 aromatic rings. The van der Waals surface area contributed by atoms with Gasteiger partial charge in [-0.25, -0.2) is 0 Å². The topological polar surface area (TPSA) is 9.23 Å². The maximum Gasteiger partial charge on any atom is 0.0674 e. The maximum absolute atomic E-state index is 6.39. The molecule has 1 aliphatic carbocycles. The normalized spacial score (nSPS) is 30.8. The number of ether oxygens (including phenoxy) is 1. The smallest absolute Gasteiger partial charge is 0.0674 e. The lowest BCUT2D eigenvalue weighted by molar-refractivity contribution is 0.0402. The molecule has 1 heterocycles. The van der Waals surface area contributed by atoms with Crippen molar-refractivity contribution in [1.29, 1.82) is 0 Å². The van der Waals surface area contributed by atoms with Gasteiger partial charge in [0.05, 0.1) is 6.10 Å². The predicted octanol–water partition coefficient (Wildman–Crippen LogP) is 4.27. The summed E-state index contributed by atoms with van der Waals surface area (Å²) in [5, 5.41) is 0. The Labute approximate surface area is 121 Å². The van der Waals surface area contributed by atoms with Gasteiger partial charge in [-0.3, -0.25) is 0 Å². The van der Waals surface area contributed by atoms with E-state index in [1.54, 1.807) is 0 Å².